The summed E-state index contributed by atoms with van der Waals surface area (Å²) in [6, 6.07) is 12.0. The first-order valence-corrected chi connectivity index (χ1v) is 12.6. The number of benzene rings is 1. The number of amides is 1. The summed E-state index contributed by atoms with van der Waals surface area (Å²) in [5.41, 5.74) is 3.05. The summed E-state index contributed by atoms with van der Waals surface area (Å²) in [7, 11) is 1.80. The maximum Gasteiger partial charge on any atom is 0.393 e. The van der Waals surface area contributed by atoms with Gasteiger partial charge in [-0.3, -0.25) is 4.79 Å². The minimum absolute atomic E-state index is 0.0376. The Hall–Kier alpha value is -3.43. The molecule has 0 bridgehead atoms. The molecule has 1 fully saturated rings. The molecule has 0 aliphatic carbocycles. The summed E-state index contributed by atoms with van der Waals surface area (Å²) < 4.78 is 41.4. The Balaban J connectivity index is 1.25. The van der Waals surface area contributed by atoms with Crippen molar-refractivity contribution in [2.24, 2.45) is 5.92 Å². The minimum atomic E-state index is -4.23. The molecule has 196 valence electrons. The summed E-state index contributed by atoms with van der Waals surface area (Å²) in [5, 5.41) is 8.23. The number of fused-ring (bicyclic) bond motifs is 1. The molecular formula is C27H31F3N6O. The van der Waals surface area contributed by atoms with Gasteiger partial charge in [-0.25, -0.2) is 4.98 Å². The van der Waals surface area contributed by atoms with Crippen molar-refractivity contribution in [3.05, 3.63) is 70.9 Å². The molecule has 0 N–H and O–H groups in total. The van der Waals surface area contributed by atoms with Crippen LogP contribution in [-0.2, 0) is 19.5 Å². The summed E-state index contributed by atoms with van der Waals surface area (Å²) >= 11 is 0. The molecule has 2 aliphatic rings. The lowest BCUT2D eigenvalue weighted by Crippen LogP contribution is -2.34. The van der Waals surface area contributed by atoms with Crippen LogP contribution in [0.5, 0.6) is 0 Å². The van der Waals surface area contributed by atoms with Gasteiger partial charge < -0.3 is 14.4 Å². The highest BCUT2D eigenvalue weighted by molar-refractivity contribution is 5.94. The Morgan fingerprint density at radius 3 is 2.62 bits per heavy atom. The standard InChI is InChI=1S/C27H31F3N6O/c1-17-6-4-5-7-22(17)20-12-18(2)35(14-20)26(37)19-8-10-23(31-13-19)34(3)16-25-33-32-24-11-9-21(15-36(24)25)27(28,29)30/h4-8,10,13,18,20-21H,9,11-12,14-16H2,1-3H3. The van der Waals surface area contributed by atoms with E-state index < -0.39 is 12.1 Å². The van der Waals surface area contributed by atoms with Gasteiger partial charge in [0.1, 0.15) is 11.6 Å². The van der Waals surface area contributed by atoms with E-state index in [1.54, 1.807) is 34.8 Å². The Kier molecular flexibility index (Phi) is 6.68. The highest BCUT2D eigenvalue weighted by Gasteiger charge is 2.42. The number of rotatable bonds is 5. The second-order valence-electron chi connectivity index (χ2n) is 10.3. The van der Waals surface area contributed by atoms with Gasteiger partial charge in [-0.15, -0.1) is 10.2 Å². The van der Waals surface area contributed by atoms with Crippen LogP contribution in [0.4, 0.5) is 19.0 Å². The summed E-state index contributed by atoms with van der Waals surface area (Å²) in [4.78, 5) is 21.5. The number of hydrogen-bond acceptors (Lipinski definition) is 5. The van der Waals surface area contributed by atoms with Gasteiger partial charge in [-0.05, 0) is 49.9 Å². The SMILES string of the molecule is Cc1ccccc1C1CC(C)N(C(=O)c2ccc(N(C)Cc3nnc4n3CC(C(F)(F)F)CC4)nc2)C1. The number of hydrogen-bond donors (Lipinski definition) is 0. The third-order valence-corrected chi connectivity index (χ3v) is 7.71. The number of aromatic nitrogens is 4. The normalized spacial score (nSPS) is 21.7. The van der Waals surface area contributed by atoms with Crippen molar-refractivity contribution in [3.63, 3.8) is 0 Å². The van der Waals surface area contributed by atoms with Crippen LogP contribution < -0.4 is 4.90 Å². The number of nitrogens with zero attached hydrogens (tertiary/aromatic N) is 6. The quantitative estimate of drug-likeness (QED) is 0.493. The maximum absolute atomic E-state index is 13.3. The van der Waals surface area contributed by atoms with Crippen LogP contribution in [0.1, 0.15) is 58.8 Å². The molecule has 1 aromatic carbocycles. The van der Waals surface area contributed by atoms with E-state index in [1.807, 2.05) is 17.0 Å². The lowest BCUT2D eigenvalue weighted by Gasteiger charge is -2.27. The smallest absolute Gasteiger partial charge is 0.352 e. The van der Waals surface area contributed by atoms with Crippen LogP contribution in [0.15, 0.2) is 42.6 Å². The first kappa shape index (κ1) is 25.2. The molecule has 0 saturated carbocycles. The van der Waals surface area contributed by atoms with Crippen LogP contribution in [0, 0.1) is 12.8 Å². The van der Waals surface area contributed by atoms with Gasteiger partial charge in [0, 0.05) is 44.7 Å². The number of anilines is 1. The van der Waals surface area contributed by atoms with Gasteiger partial charge in [-0.2, -0.15) is 13.2 Å². The van der Waals surface area contributed by atoms with E-state index in [1.165, 1.54) is 11.1 Å². The molecule has 2 aliphatic heterocycles. The van der Waals surface area contributed by atoms with Crippen molar-refractivity contribution in [3.8, 4) is 0 Å². The van der Waals surface area contributed by atoms with Gasteiger partial charge in [0.25, 0.3) is 5.91 Å². The average molecular weight is 513 g/mol. The molecule has 10 heteroatoms. The van der Waals surface area contributed by atoms with Crippen molar-refractivity contribution in [1.29, 1.82) is 0 Å². The van der Waals surface area contributed by atoms with Crippen molar-refractivity contribution in [2.45, 2.75) is 64.3 Å². The maximum atomic E-state index is 13.3. The number of carbonyl (C=O) groups is 1. The fourth-order valence-electron chi connectivity index (χ4n) is 5.55. The molecule has 2 aromatic heterocycles. The fraction of sp³-hybridized carbons (Fsp3) is 0.481. The van der Waals surface area contributed by atoms with Crippen molar-refractivity contribution in [2.75, 3.05) is 18.5 Å². The van der Waals surface area contributed by atoms with Crippen LogP contribution >= 0.6 is 0 Å². The van der Waals surface area contributed by atoms with E-state index in [0.29, 0.717) is 35.5 Å². The number of aryl methyl sites for hydroxylation is 2. The second-order valence-corrected chi connectivity index (χ2v) is 10.3. The van der Waals surface area contributed by atoms with Gasteiger partial charge in [0.05, 0.1) is 18.0 Å². The predicted molar refractivity (Wildman–Crippen MR) is 133 cm³/mol. The van der Waals surface area contributed by atoms with E-state index in [2.05, 4.69) is 41.2 Å². The molecule has 37 heavy (non-hydrogen) atoms. The summed E-state index contributed by atoms with van der Waals surface area (Å²) in [6.07, 6.45) is -1.45. The fourth-order valence-corrected chi connectivity index (χ4v) is 5.55. The first-order valence-electron chi connectivity index (χ1n) is 12.6. The Morgan fingerprint density at radius 2 is 1.92 bits per heavy atom. The number of likely N-dealkylation sites (tertiary alicyclic amines) is 1. The number of halogens is 3. The molecule has 1 amide bonds. The highest BCUT2D eigenvalue weighted by Crippen LogP contribution is 2.35. The van der Waals surface area contributed by atoms with Crippen LogP contribution in [0.3, 0.4) is 0 Å². The summed E-state index contributed by atoms with van der Waals surface area (Å²) in [6.45, 7) is 4.96. The third kappa shape index (κ3) is 5.06. The monoisotopic (exact) mass is 512 g/mol. The number of carbonyl (C=O) groups excluding carboxylic acids is 1. The average Bonchev–Trinajstić information content (AvgIpc) is 3.46. The van der Waals surface area contributed by atoms with Crippen LogP contribution in [0.25, 0.3) is 0 Å². The number of alkyl halides is 3. The van der Waals surface area contributed by atoms with Crippen LogP contribution in [-0.4, -0.2) is 56.4 Å². The Morgan fingerprint density at radius 1 is 1.14 bits per heavy atom. The van der Waals surface area contributed by atoms with Gasteiger partial charge >= 0.3 is 6.18 Å². The topological polar surface area (TPSA) is 67.2 Å². The van der Waals surface area contributed by atoms with E-state index in [-0.39, 0.29) is 37.9 Å². The molecule has 0 radical (unpaired) electrons. The molecule has 1 saturated heterocycles. The molecule has 3 atom stereocenters. The molecule has 0 spiro atoms. The summed E-state index contributed by atoms with van der Waals surface area (Å²) in [5.74, 6) is 0.536. The van der Waals surface area contributed by atoms with Crippen LogP contribution in [0.2, 0.25) is 0 Å². The first-order chi connectivity index (χ1) is 17.6. The Bertz CT molecular complexity index is 1270. The molecule has 3 aromatic rings. The van der Waals surface area contributed by atoms with Crippen molar-refractivity contribution < 1.29 is 18.0 Å². The zero-order valence-electron chi connectivity index (χ0n) is 21.2. The van der Waals surface area contributed by atoms with Gasteiger partial charge in [0.15, 0.2) is 5.82 Å². The lowest BCUT2D eigenvalue weighted by atomic mass is 9.93. The van der Waals surface area contributed by atoms with E-state index in [9.17, 15) is 18.0 Å². The zero-order valence-corrected chi connectivity index (χ0v) is 21.2. The predicted octanol–water partition coefficient (Wildman–Crippen LogP) is 4.76. The highest BCUT2D eigenvalue weighted by atomic mass is 19.4. The van der Waals surface area contributed by atoms with Crippen molar-refractivity contribution in [1.82, 2.24) is 24.6 Å². The van der Waals surface area contributed by atoms with Gasteiger partial charge in [-0.1, -0.05) is 24.3 Å². The molecule has 7 nitrogen and oxygen atoms in total. The Labute approximate surface area is 214 Å². The minimum Gasteiger partial charge on any atom is -0.352 e. The molecular weight excluding hydrogens is 481 g/mol. The molecule has 3 unspecified atom stereocenters. The number of pyridine rings is 1. The van der Waals surface area contributed by atoms with E-state index in [0.717, 1.165) is 6.42 Å². The molecule has 4 heterocycles. The van der Waals surface area contributed by atoms with E-state index >= 15 is 0 Å². The zero-order chi connectivity index (χ0) is 26.3. The second kappa shape index (κ2) is 9.79. The van der Waals surface area contributed by atoms with E-state index in [4.69, 9.17) is 0 Å². The largest absolute Gasteiger partial charge is 0.393 e. The lowest BCUT2D eigenvalue weighted by molar-refractivity contribution is -0.182. The van der Waals surface area contributed by atoms with Gasteiger partial charge in [0.2, 0.25) is 0 Å². The molecule has 5 rings (SSSR count). The third-order valence-electron chi connectivity index (χ3n) is 7.71. The van der Waals surface area contributed by atoms with Crippen molar-refractivity contribution >= 4 is 11.7 Å².